The molecule has 4 nitrogen and oxygen atoms in total. The molecule has 0 aromatic carbocycles. The van der Waals surface area contributed by atoms with Crippen LogP contribution in [0.1, 0.15) is 5.69 Å². The van der Waals surface area contributed by atoms with E-state index in [0.29, 0.717) is 23.2 Å². The molecule has 2 aromatic heterocycles. The molecule has 0 aliphatic carbocycles. The Labute approximate surface area is 110 Å². The van der Waals surface area contributed by atoms with Crippen molar-refractivity contribution in [3.05, 3.63) is 24.2 Å². The third-order valence-electron chi connectivity index (χ3n) is 2.44. The van der Waals surface area contributed by atoms with Gasteiger partial charge >= 0.3 is 6.18 Å². The number of anilines is 1. The standard InChI is InChI=1S/C10H10BrF3N4/c1-17(4-2-11)9-7-6-8(10(12,13)14)16-18(7)5-3-15-9/h3,5-6H,2,4H2,1H3. The largest absolute Gasteiger partial charge is 0.435 e. The number of rotatable bonds is 3. The van der Waals surface area contributed by atoms with E-state index in [0.717, 1.165) is 6.07 Å². The third kappa shape index (κ3) is 2.43. The van der Waals surface area contributed by atoms with Crippen molar-refractivity contribution in [1.82, 2.24) is 14.6 Å². The lowest BCUT2D eigenvalue weighted by atomic mass is 10.3. The molecule has 8 heteroatoms. The number of aromatic nitrogens is 3. The predicted molar refractivity (Wildman–Crippen MR) is 65.1 cm³/mol. The van der Waals surface area contributed by atoms with Gasteiger partial charge in [0.2, 0.25) is 0 Å². The summed E-state index contributed by atoms with van der Waals surface area (Å²) in [6.45, 7) is 0.638. The first-order valence-corrected chi connectivity index (χ1v) is 6.24. The van der Waals surface area contributed by atoms with Gasteiger partial charge in [-0.05, 0) is 0 Å². The molecule has 0 fully saturated rings. The van der Waals surface area contributed by atoms with Crippen LogP contribution in [0.15, 0.2) is 18.5 Å². The second-order valence-corrected chi connectivity index (χ2v) is 4.51. The van der Waals surface area contributed by atoms with Crippen molar-refractivity contribution < 1.29 is 13.2 Å². The lowest BCUT2D eigenvalue weighted by Crippen LogP contribution is -2.21. The molecule has 0 saturated carbocycles. The Morgan fingerprint density at radius 1 is 1.44 bits per heavy atom. The van der Waals surface area contributed by atoms with Gasteiger partial charge in [-0.1, -0.05) is 15.9 Å². The van der Waals surface area contributed by atoms with Crippen LogP contribution in [0, 0.1) is 0 Å². The first-order chi connectivity index (χ1) is 8.43. The van der Waals surface area contributed by atoms with Crippen molar-refractivity contribution in [3.8, 4) is 0 Å². The van der Waals surface area contributed by atoms with Crippen molar-refractivity contribution in [2.24, 2.45) is 0 Å². The summed E-state index contributed by atoms with van der Waals surface area (Å²) < 4.78 is 39.0. The van der Waals surface area contributed by atoms with Crippen LogP contribution in [0.2, 0.25) is 0 Å². The van der Waals surface area contributed by atoms with Gasteiger partial charge in [-0.25, -0.2) is 9.50 Å². The van der Waals surface area contributed by atoms with Crippen molar-refractivity contribution >= 4 is 27.3 Å². The molecule has 0 bridgehead atoms. The second-order valence-electron chi connectivity index (χ2n) is 3.72. The zero-order valence-electron chi connectivity index (χ0n) is 9.45. The van der Waals surface area contributed by atoms with Gasteiger partial charge in [-0.2, -0.15) is 18.3 Å². The summed E-state index contributed by atoms with van der Waals surface area (Å²) in [5, 5.41) is 4.20. The summed E-state index contributed by atoms with van der Waals surface area (Å²) in [5.41, 5.74) is -0.572. The van der Waals surface area contributed by atoms with E-state index < -0.39 is 11.9 Å². The summed E-state index contributed by atoms with van der Waals surface area (Å²) in [6.07, 6.45) is -1.62. The minimum absolute atomic E-state index is 0.341. The highest BCUT2D eigenvalue weighted by Crippen LogP contribution is 2.30. The molecule has 0 aliphatic heterocycles. The third-order valence-corrected chi connectivity index (χ3v) is 2.80. The van der Waals surface area contributed by atoms with Crippen molar-refractivity contribution in [3.63, 3.8) is 0 Å². The van der Waals surface area contributed by atoms with E-state index in [1.54, 1.807) is 11.9 Å². The number of nitrogens with zero attached hydrogens (tertiary/aromatic N) is 4. The fourth-order valence-electron chi connectivity index (χ4n) is 1.57. The smallest absolute Gasteiger partial charge is 0.357 e. The molecule has 0 atom stereocenters. The average molecular weight is 323 g/mol. The molecule has 2 aromatic rings. The molecule has 18 heavy (non-hydrogen) atoms. The Balaban J connectivity index is 2.52. The molecule has 0 spiro atoms. The quantitative estimate of drug-likeness (QED) is 0.814. The molecule has 2 heterocycles. The van der Waals surface area contributed by atoms with Crippen LogP contribution in [0.4, 0.5) is 19.0 Å². The number of hydrogen-bond acceptors (Lipinski definition) is 3. The van der Waals surface area contributed by atoms with E-state index in [9.17, 15) is 13.2 Å². The Morgan fingerprint density at radius 2 is 2.17 bits per heavy atom. The normalized spacial score (nSPS) is 12.1. The van der Waals surface area contributed by atoms with Gasteiger partial charge in [0.15, 0.2) is 11.5 Å². The maximum absolute atomic E-state index is 12.6. The number of fused-ring (bicyclic) bond motifs is 1. The van der Waals surface area contributed by atoms with Crippen LogP contribution < -0.4 is 4.90 Å². The molecule has 0 aliphatic rings. The van der Waals surface area contributed by atoms with Gasteiger partial charge in [0.1, 0.15) is 5.52 Å². The zero-order chi connectivity index (χ0) is 13.3. The summed E-state index contributed by atoms with van der Waals surface area (Å²) >= 11 is 3.28. The van der Waals surface area contributed by atoms with Gasteiger partial charge in [-0.3, -0.25) is 0 Å². The SMILES string of the molecule is CN(CCBr)c1nccn2nc(C(F)(F)F)cc12. The minimum atomic E-state index is -4.45. The van der Waals surface area contributed by atoms with E-state index in [2.05, 4.69) is 26.0 Å². The van der Waals surface area contributed by atoms with Crippen LogP contribution in [0.25, 0.3) is 5.52 Å². The van der Waals surface area contributed by atoms with Crippen molar-refractivity contribution in [2.45, 2.75) is 6.18 Å². The van der Waals surface area contributed by atoms with E-state index in [1.165, 1.54) is 16.9 Å². The van der Waals surface area contributed by atoms with Crippen LogP contribution in [0.3, 0.4) is 0 Å². The number of hydrogen-bond donors (Lipinski definition) is 0. The first-order valence-electron chi connectivity index (χ1n) is 5.12. The Bertz CT molecular complexity index is 552. The fourth-order valence-corrected chi connectivity index (χ4v) is 2.11. The molecule has 2 rings (SSSR count). The maximum Gasteiger partial charge on any atom is 0.435 e. The molecule has 0 amide bonds. The van der Waals surface area contributed by atoms with Crippen LogP contribution in [-0.2, 0) is 6.18 Å². The summed E-state index contributed by atoms with van der Waals surface area (Å²) in [6, 6.07) is 1.01. The number of alkyl halides is 4. The fraction of sp³-hybridized carbons (Fsp3) is 0.400. The number of halogens is 4. The first kappa shape index (κ1) is 13.1. The molecule has 98 valence electrons. The van der Waals surface area contributed by atoms with Crippen LogP contribution in [-0.4, -0.2) is 33.5 Å². The average Bonchev–Trinajstić information content (AvgIpc) is 2.72. The van der Waals surface area contributed by atoms with Crippen molar-refractivity contribution in [1.29, 1.82) is 0 Å². The maximum atomic E-state index is 12.6. The highest BCUT2D eigenvalue weighted by atomic mass is 79.9. The Morgan fingerprint density at radius 3 is 2.78 bits per heavy atom. The highest BCUT2D eigenvalue weighted by molar-refractivity contribution is 9.09. The molecule has 0 radical (unpaired) electrons. The van der Waals surface area contributed by atoms with Gasteiger partial charge in [0.25, 0.3) is 0 Å². The monoisotopic (exact) mass is 322 g/mol. The topological polar surface area (TPSA) is 33.4 Å². The predicted octanol–water partition coefficient (Wildman–Crippen LogP) is 2.58. The second kappa shape index (κ2) is 4.75. The van der Waals surface area contributed by atoms with E-state index in [-0.39, 0.29) is 0 Å². The highest BCUT2D eigenvalue weighted by Gasteiger charge is 2.34. The van der Waals surface area contributed by atoms with Gasteiger partial charge in [0, 0.05) is 37.4 Å². The Hall–Kier alpha value is -1.31. The van der Waals surface area contributed by atoms with Gasteiger partial charge in [0.05, 0.1) is 0 Å². The molecular formula is C10H10BrF3N4. The van der Waals surface area contributed by atoms with Gasteiger partial charge < -0.3 is 4.90 Å². The minimum Gasteiger partial charge on any atom is -0.357 e. The van der Waals surface area contributed by atoms with E-state index in [4.69, 9.17) is 0 Å². The van der Waals surface area contributed by atoms with Crippen LogP contribution in [0.5, 0.6) is 0 Å². The summed E-state index contributed by atoms with van der Waals surface area (Å²) in [5.74, 6) is 0.472. The van der Waals surface area contributed by atoms with Crippen molar-refractivity contribution in [2.75, 3.05) is 23.8 Å². The summed E-state index contributed by atoms with van der Waals surface area (Å²) in [4.78, 5) is 5.87. The van der Waals surface area contributed by atoms with E-state index in [1.807, 2.05) is 0 Å². The molecule has 0 N–H and O–H groups in total. The summed E-state index contributed by atoms with van der Waals surface area (Å²) in [7, 11) is 1.77. The van der Waals surface area contributed by atoms with Crippen LogP contribution >= 0.6 is 15.9 Å². The lowest BCUT2D eigenvalue weighted by molar-refractivity contribution is -0.141. The molecule has 0 saturated heterocycles. The molecular weight excluding hydrogens is 313 g/mol. The van der Waals surface area contributed by atoms with Gasteiger partial charge in [-0.15, -0.1) is 0 Å². The molecule has 0 unspecified atom stereocenters. The zero-order valence-corrected chi connectivity index (χ0v) is 11.0. The van der Waals surface area contributed by atoms with E-state index >= 15 is 0 Å². The lowest BCUT2D eigenvalue weighted by Gasteiger charge is -2.16. The Kier molecular flexibility index (Phi) is 3.47.